The van der Waals surface area contributed by atoms with Gasteiger partial charge in [0.1, 0.15) is 11.9 Å². The van der Waals surface area contributed by atoms with Crippen molar-refractivity contribution < 1.29 is 17.6 Å². The van der Waals surface area contributed by atoms with Crippen molar-refractivity contribution in [1.29, 1.82) is 0 Å². The van der Waals surface area contributed by atoms with Crippen molar-refractivity contribution in [1.82, 2.24) is 0 Å². The van der Waals surface area contributed by atoms with E-state index in [-0.39, 0.29) is 16.5 Å². The van der Waals surface area contributed by atoms with Gasteiger partial charge in [-0.05, 0) is 36.8 Å². The molecule has 0 bridgehead atoms. The Morgan fingerprint density at radius 1 is 1.17 bits per heavy atom. The summed E-state index contributed by atoms with van der Waals surface area (Å²) in [4.78, 5) is 14.1. The van der Waals surface area contributed by atoms with Crippen LogP contribution in [-0.2, 0) is 14.6 Å². The van der Waals surface area contributed by atoms with E-state index in [4.69, 9.17) is 0 Å². The summed E-state index contributed by atoms with van der Waals surface area (Å²) >= 11 is 0. The SMILES string of the molecule is CS(=O)(=O)c1cccc(N[C@@H]2CCN(c3ccccc3F)C2=O)c1. The first-order valence-electron chi connectivity index (χ1n) is 7.49. The molecule has 7 heteroatoms. The Balaban J connectivity index is 1.79. The summed E-state index contributed by atoms with van der Waals surface area (Å²) in [7, 11) is -3.32. The summed E-state index contributed by atoms with van der Waals surface area (Å²) in [5, 5.41) is 3.04. The highest BCUT2D eigenvalue weighted by atomic mass is 32.2. The average molecular weight is 348 g/mol. The number of rotatable bonds is 4. The molecule has 0 aromatic heterocycles. The predicted octanol–water partition coefficient (Wildman–Crippen LogP) is 2.45. The fourth-order valence-electron chi connectivity index (χ4n) is 2.74. The number of amides is 1. The second-order valence-electron chi connectivity index (χ2n) is 5.73. The molecule has 2 aromatic rings. The smallest absolute Gasteiger partial charge is 0.249 e. The first kappa shape index (κ1) is 16.4. The van der Waals surface area contributed by atoms with E-state index < -0.39 is 21.7 Å². The van der Waals surface area contributed by atoms with Gasteiger partial charge in [-0.15, -0.1) is 0 Å². The summed E-state index contributed by atoms with van der Waals surface area (Å²) in [6.07, 6.45) is 1.64. The zero-order valence-corrected chi connectivity index (χ0v) is 13.9. The molecule has 3 rings (SSSR count). The molecule has 0 aliphatic carbocycles. The number of hydrogen-bond acceptors (Lipinski definition) is 4. The molecule has 1 amide bonds. The minimum absolute atomic E-state index is 0.184. The van der Waals surface area contributed by atoms with Crippen LogP contribution < -0.4 is 10.2 Å². The molecule has 5 nitrogen and oxygen atoms in total. The highest BCUT2D eigenvalue weighted by molar-refractivity contribution is 7.90. The van der Waals surface area contributed by atoms with E-state index >= 15 is 0 Å². The number of halogens is 1. The van der Waals surface area contributed by atoms with Gasteiger partial charge in [0, 0.05) is 18.5 Å². The second-order valence-corrected chi connectivity index (χ2v) is 7.74. The maximum atomic E-state index is 13.9. The molecule has 0 spiro atoms. The van der Waals surface area contributed by atoms with Crippen molar-refractivity contribution in [3.05, 3.63) is 54.3 Å². The fourth-order valence-corrected chi connectivity index (χ4v) is 3.41. The number of carbonyl (C=O) groups is 1. The molecule has 0 radical (unpaired) electrons. The van der Waals surface area contributed by atoms with E-state index in [2.05, 4.69) is 5.32 Å². The number of hydrogen-bond donors (Lipinski definition) is 1. The van der Waals surface area contributed by atoms with Crippen molar-refractivity contribution in [2.45, 2.75) is 17.4 Å². The summed E-state index contributed by atoms with van der Waals surface area (Å²) in [6.45, 7) is 0.406. The third-order valence-electron chi connectivity index (χ3n) is 3.95. The Morgan fingerprint density at radius 2 is 1.92 bits per heavy atom. The van der Waals surface area contributed by atoms with Gasteiger partial charge in [-0.3, -0.25) is 4.79 Å². The van der Waals surface area contributed by atoms with E-state index in [9.17, 15) is 17.6 Å². The summed E-state index contributed by atoms with van der Waals surface area (Å²) in [6, 6.07) is 11.9. The van der Waals surface area contributed by atoms with Gasteiger partial charge in [0.2, 0.25) is 5.91 Å². The molecule has 1 atom stereocenters. The highest BCUT2D eigenvalue weighted by Crippen LogP contribution is 2.26. The molecule has 1 aliphatic heterocycles. The van der Waals surface area contributed by atoms with Gasteiger partial charge in [0.15, 0.2) is 9.84 Å². The molecule has 1 heterocycles. The van der Waals surface area contributed by atoms with Crippen LogP contribution in [0.3, 0.4) is 0 Å². The lowest BCUT2D eigenvalue weighted by Gasteiger charge is -2.18. The fraction of sp³-hybridized carbons (Fsp3) is 0.235. The van der Waals surface area contributed by atoms with Gasteiger partial charge in [0.05, 0.1) is 10.6 Å². The van der Waals surface area contributed by atoms with Crippen molar-refractivity contribution >= 4 is 27.1 Å². The molecule has 1 N–H and O–H groups in total. The lowest BCUT2D eigenvalue weighted by atomic mass is 10.2. The first-order chi connectivity index (χ1) is 11.4. The van der Waals surface area contributed by atoms with Crippen LogP contribution in [0.1, 0.15) is 6.42 Å². The topological polar surface area (TPSA) is 66.5 Å². The lowest BCUT2D eigenvalue weighted by Crippen LogP contribution is -2.33. The van der Waals surface area contributed by atoms with Gasteiger partial charge in [-0.2, -0.15) is 0 Å². The zero-order valence-electron chi connectivity index (χ0n) is 13.1. The summed E-state index contributed by atoms with van der Waals surface area (Å²) in [5.74, 6) is -0.671. The van der Waals surface area contributed by atoms with Crippen molar-refractivity contribution in [3.8, 4) is 0 Å². The van der Waals surface area contributed by atoms with Gasteiger partial charge in [-0.1, -0.05) is 18.2 Å². The maximum Gasteiger partial charge on any atom is 0.249 e. The number of para-hydroxylation sites is 1. The Bertz CT molecular complexity index is 883. The Kier molecular flexibility index (Phi) is 4.28. The Hall–Kier alpha value is -2.41. The van der Waals surface area contributed by atoms with Gasteiger partial charge < -0.3 is 10.2 Å². The third kappa shape index (κ3) is 3.26. The number of nitrogens with one attached hydrogen (secondary N) is 1. The largest absolute Gasteiger partial charge is 0.374 e. The van der Waals surface area contributed by atoms with E-state index in [1.165, 1.54) is 23.1 Å². The van der Waals surface area contributed by atoms with Crippen molar-refractivity contribution in [2.24, 2.45) is 0 Å². The molecular weight excluding hydrogens is 331 g/mol. The monoisotopic (exact) mass is 348 g/mol. The molecule has 0 saturated carbocycles. The van der Waals surface area contributed by atoms with E-state index in [1.807, 2.05) is 0 Å². The Morgan fingerprint density at radius 3 is 2.62 bits per heavy atom. The van der Waals surface area contributed by atoms with Crippen LogP contribution in [-0.4, -0.2) is 33.2 Å². The summed E-state index contributed by atoms with van der Waals surface area (Å²) < 4.78 is 37.1. The number of sulfone groups is 1. The van der Waals surface area contributed by atoms with Crippen LogP contribution in [0.5, 0.6) is 0 Å². The van der Waals surface area contributed by atoms with Crippen LogP contribution >= 0.6 is 0 Å². The minimum atomic E-state index is -3.32. The normalized spacial score (nSPS) is 18.0. The number of anilines is 2. The third-order valence-corrected chi connectivity index (χ3v) is 5.06. The van der Waals surface area contributed by atoms with E-state index in [0.717, 1.165) is 6.26 Å². The highest BCUT2D eigenvalue weighted by Gasteiger charge is 2.33. The van der Waals surface area contributed by atoms with Gasteiger partial charge >= 0.3 is 0 Å². The standard InChI is InChI=1S/C17H17FN2O3S/c1-24(22,23)13-6-4-5-12(11-13)19-15-9-10-20(17(15)21)16-8-3-2-7-14(16)18/h2-8,11,15,19H,9-10H2,1H3/t15-/m1/s1. The van der Waals surface area contributed by atoms with Crippen molar-refractivity contribution in [2.75, 3.05) is 23.0 Å². The average Bonchev–Trinajstić information content (AvgIpc) is 2.88. The van der Waals surface area contributed by atoms with Crippen molar-refractivity contribution in [3.63, 3.8) is 0 Å². The number of nitrogens with zero attached hydrogens (tertiary/aromatic N) is 1. The zero-order chi connectivity index (χ0) is 17.3. The molecule has 1 aliphatic rings. The number of carbonyl (C=O) groups excluding carboxylic acids is 1. The first-order valence-corrected chi connectivity index (χ1v) is 9.38. The molecule has 2 aromatic carbocycles. The van der Waals surface area contributed by atoms with Crippen LogP contribution in [0.4, 0.5) is 15.8 Å². The second kappa shape index (κ2) is 6.24. The quantitative estimate of drug-likeness (QED) is 0.922. The van der Waals surface area contributed by atoms with Crippen LogP contribution in [0.2, 0.25) is 0 Å². The molecule has 126 valence electrons. The molecule has 1 saturated heterocycles. The van der Waals surface area contributed by atoms with Crippen LogP contribution in [0.15, 0.2) is 53.4 Å². The minimum Gasteiger partial charge on any atom is -0.374 e. The van der Waals surface area contributed by atoms with Gasteiger partial charge in [0.25, 0.3) is 0 Å². The lowest BCUT2D eigenvalue weighted by molar-refractivity contribution is -0.117. The molecule has 0 unspecified atom stereocenters. The van der Waals surface area contributed by atoms with E-state index in [0.29, 0.717) is 18.7 Å². The number of benzene rings is 2. The maximum absolute atomic E-state index is 13.9. The van der Waals surface area contributed by atoms with Gasteiger partial charge in [-0.25, -0.2) is 12.8 Å². The van der Waals surface area contributed by atoms with Crippen LogP contribution in [0.25, 0.3) is 0 Å². The Labute approximate surface area is 140 Å². The molecule has 24 heavy (non-hydrogen) atoms. The summed E-state index contributed by atoms with van der Waals surface area (Å²) in [5.41, 5.74) is 0.809. The van der Waals surface area contributed by atoms with E-state index in [1.54, 1.807) is 30.3 Å². The van der Waals surface area contributed by atoms with Crippen LogP contribution in [0, 0.1) is 5.82 Å². The predicted molar refractivity (Wildman–Crippen MR) is 90.3 cm³/mol. The molecule has 1 fully saturated rings. The molecular formula is C17H17FN2O3S.